The molecule has 1 aliphatic rings. The molecule has 0 spiro atoms. The van der Waals surface area contributed by atoms with Crippen molar-refractivity contribution in [2.24, 2.45) is 0 Å². The molecule has 2 atom stereocenters. The van der Waals surface area contributed by atoms with Crippen molar-refractivity contribution >= 4 is 51.5 Å². The van der Waals surface area contributed by atoms with E-state index in [4.69, 9.17) is 11.6 Å². The molecule has 1 saturated heterocycles. The average molecular weight is 549 g/mol. The van der Waals surface area contributed by atoms with E-state index in [1.807, 2.05) is 18.2 Å². The van der Waals surface area contributed by atoms with Crippen molar-refractivity contribution in [2.75, 3.05) is 11.9 Å². The minimum atomic E-state index is -1.30. The van der Waals surface area contributed by atoms with Gasteiger partial charge in [-0.05, 0) is 42.8 Å². The lowest BCUT2D eigenvalue weighted by atomic mass is 10.1. The number of aromatic nitrogens is 3. The second-order valence-electron chi connectivity index (χ2n) is 9.45. The summed E-state index contributed by atoms with van der Waals surface area (Å²) in [6.45, 7) is 1.36. The number of fused-ring (bicyclic) bond motifs is 1. The van der Waals surface area contributed by atoms with Crippen LogP contribution in [0.25, 0.3) is 10.9 Å². The number of hydrogen-bond acceptors (Lipinski definition) is 6. The molecule has 2 aromatic carbocycles. The van der Waals surface area contributed by atoms with Gasteiger partial charge in [0.05, 0.1) is 24.6 Å². The molecule has 3 heterocycles. The standard InChI is InChI=1S/C28H26ClFN6O3/c1-17(37)24-14-35(25-6-5-21(9-23(24)25)34-22-11-31-16-32-12-22)15-27(38)36-13-20(30)8-26(36)28(39)33-10-18-3-2-4-19(29)7-18/h2-7,9,11-12,14,16,20,26,34H,8,10,13,15H2,1H3,(H,33,39)/t20-,26+/m1/s1. The van der Waals surface area contributed by atoms with Gasteiger partial charge in [0.1, 0.15) is 25.1 Å². The molecule has 4 aromatic rings. The zero-order valence-corrected chi connectivity index (χ0v) is 21.9. The maximum Gasteiger partial charge on any atom is 0.243 e. The Morgan fingerprint density at radius 1 is 1.10 bits per heavy atom. The van der Waals surface area contributed by atoms with Crippen molar-refractivity contribution < 1.29 is 18.8 Å². The number of likely N-dealkylation sites (tertiary alicyclic amines) is 1. The normalized spacial score (nSPS) is 16.8. The number of carbonyl (C=O) groups is 3. The molecule has 0 saturated carbocycles. The van der Waals surface area contributed by atoms with Crippen molar-refractivity contribution in [3.05, 3.63) is 83.5 Å². The summed E-state index contributed by atoms with van der Waals surface area (Å²) in [6, 6.07) is 11.6. The summed E-state index contributed by atoms with van der Waals surface area (Å²) in [5, 5.41) is 7.19. The molecule has 39 heavy (non-hydrogen) atoms. The van der Waals surface area contributed by atoms with Crippen LogP contribution < -0.4 is 10.6 Å². The molecular weight excluding hydrogens is 523 g/mol. The smallest absolute Gasteiger partial charge is 0.243 e. The number of alkyl halides is 1. The lowest BCUT2D eigenvalue weighted by Crippen LogP contribution is -2.46. The Labute approximate surface area is 229 Å². The van der Waals surface area contributed by atoms with Crippen molar-refractivity contribution in [3.8, 4) is 0 Å². The number of anilines is 2. The molecule has 200 valence electrons. The van der Waals surface area contributed by atoms with Crippen LogP contribution in [0.1, 0.15) is 29.3 Å². The number of amides is 2. The molecule has 2 aromatic heterocycles. The molecule has 0 aliphatic carbocycles. The fourth-order valence-corrected chi connectivity index (χ4v) is 5.03. The number of rotatable bonds is 8. The number of nitrogens with one attached hydrogen (secondary N) is 2. The van der Waals surface area contributed by atoms with E-state index in [-0.39, 0.29) is 31.8 Å². The summed E-state index contributed by atoms with van der Waals surface area (Å²) >= 11 is 6.01. The van der Waals surface area contributed by atoms with Gasteiger partial charge in [-0.3, -0.25) is 14.4 Å². The van der Waals surface area contributed by atoms with Crippen LogP contribution in [-0.2, 0) is 22.7 Å². The summed E-state index contributed by atoms with van der Waals surface area (Å²) in [7, 11) is 0. The van der Waals surface area contributed by atoms with Crippen LogP contribution in [0.15, 0.2) is 67.4 Å². The largest absolute Gasteiger partial charge is 0.353 e. The summed E-state index contributed by atoms with van der Waals surface area (Å²) in [5.41, 5.74) is 3.32. The quantitative estimate of drug-likeness (QED) is 0.318. The lowest BCUT2D eigenvalue weighted by molar-refractivity contribution is -0.139. The SMILES string of the molecule is CC(=O)c1cn(CC(=O)N2C[C@H](F)C[C@H]2C(=O)NCc2cccc(Cl)c2)c2ccc(Nc3cncnc3)cc12. The summed E-state index contributed by atoms with van der Waals surface area (Å²) < 4.78 is 16.1. The predicted molar refractivity (Wildman–Crippen MR) is 146 cm³/mol. The van der Waals surface area contributed by atoms with Crippen molar-refractivity contribution in [1.29, 1.82) is 0 Å². The number of hydrogen-bond donors (Lipinski definition) is 2. The number of ketones is 1. The number of benzene rings is 2. The lowest BCUT2D eigenvalue weighted by Gasteiger charge is -2.24. The van der Waals surface area contributed by atoms with Gasteiger partial charge in [-0.2, -0.15) is 0 Å². The predicted octanol–water partition coefficient (Wildman–Crippen LogP) is 4.29. The molecule has 1 fully saturated rings. The van der Waals surface area contributed by atoms with Crippen molar-refractivity contribution in [3.63, 3.8) is 0 Å². The van der Waals surface area contributed by atoms with Crippen LogP contribution in [0.5, 0.6) is 0 Å². The Morgan fingerprint density at radius 3 is 2.64 bits per heavy atom. The van der Waals surface area contributed by atoms with Crippen LogP contribution in [0.4, 0.5) is 15.8 Å². The zero-order valence-electron chi connectivity index (χ0n) is 21.1. The second-order valence-corrected chi connectivity index (χ2v) is 9.89. The van der Waals surface area contributed by atoms with Gasteiger partial charge in [-0.15, -0.1) is 0 Å². The third-order valence-electron chi connectivity index (χ3n) is 6.64. The Morgan fingerprint density at radius 2 is 1.90 bits per heavy atom. The van der Waals surface area contributed by atoms with Gasteiger partial charge in [0.2, 0.25) is 11.8 Å². The molecule has 0 radical (unpaired) electrons. The van der Waals surface area contributed by atoms with E-state index in [1.54, 1.807) is 47.4 Å². The van der Waals surface area contributed by atoms with Gasteiger partial charge in [-0.1, -0.05) is 23.7 Å². The molecule has 0 unspecified atom stereocenters. The Bertz CT molecular complexity index is 1540. The van der Waals surface area contributed by atoms with Gasteiger partial charge in [0, 0.05) is 46.3 Å². The van der Waals surface area contributed by atoms with E-state index in [0.717, 1.165) is 11.3 Å². The summed E-state index contributed by atoms with van der Waals surface area (Å²) in [5.74, 6) is -0.991. The third-order valence-corrected chi connectivity index (χ3v) is 6.88. The van der Waals surface area contributed by atoms with Gasteiger partial charge < -0.3 is 20.1 Å². The Kier molecular flexibility index (Phi) is 7.56. The zero-order chi connectivity index (χ0) is 27.5. The first-order valence-corrected chi connectivity index (χ1v) is 12.8. The number of Topliss-reactive ketones (excluding diaryl/α,β-unsaturated/α-hetero) is 1. The highest BCUT2D eigenvalue weighted by Crippen LogP contribution is 2.28. The minimum Gasteiger partial charge on any atom is -0.353 e. The third kappa shape index (κ3) is 5.91. The van der Waals surface area contributed by atoms with Gasteiger partial charge >= 0.3 is 0 Å². The highest BCUT2D eigenvalue weighted by atomic mass is 35.5. The fourth-order valence-electron chi connectivity index (χ4n) is 4.82. The van der Waals surface area contributed by atoms with Gasteiger partial charge in [0.25, 0.3) is 0 Å². The topological polar surface area (TPSA) is 109 Å². The second kappa shape index (κ2) is 11.2. The minimum absolute atomic E-state index is 0.0729. The van der Waals surface area contributed by atoms with Gasteiger partial charge in [-0.25, -0.2) is 14.4 Å². The van der Waals surface area contributed by atoms with E-state index in [1.165, 1.54) is 18.2 Å². The van der Waals surface area contributed by atoms with E-state index in [2.05, 4.69) is 20.6 Å². The molecule has 9 nitrogen and oxygen atoms in total. The highest BCUT2D eigenvalue weighted by molar-refractivity contribution is 6.30. The molecule has 1 aliphatic heterocycles. The molecule has 0 bridgehead atoms. The highest BCUT2D eigenvalue weighted by Gasteiger charge is 2.39. The van der Waals surface area contributed by atoms with E-state index in [9.17, 15) is 18.8 Å². The average Bonchev–Trinajstić information content (AvgIpc) is 3.48. The van der Waals surface area contributed by atoms with Crippen molar-refractivity contribution in [2.45, 2.75) is 38.6 Å². The van der Waals surface area contributed by atoms with Crippen LogP contribution in [-0.4, -0.2) is 55.8 Å². The molecule has 5 rings (SSSR count). The van der Waals surface area contributed by atoms with Crippen LogP contribution in [0.2, 0.25) is 5.02 Å². The molecule has 11 heteroatoms. The Hall–Kier alpha value is -4.31. The summed E-state index contributed by atoms with van der Waals surface area (Å²) in [6.07, 6.45) is 4.93. The van der Waals surface area contributed by atoms with Gasteiger partial charge in [0.15, 0.2) is 5.78 Å². The molecule has 2 amide bonds. The fraction of sp³-hybridized carbons (Fsp3) is 0.250. The first-order valence-electron chi connectivity index (χ1n) is 12.4. The Balaban J connectivity index is 1.34. The van der Waals surface area contributed by atoms with E-state index >= 15 is 0 Å². The number of nitrogens with zero attached hydrogens (tertiary/aromatic N) is 4. The van der Waals surface area contributed by atoms with Crippen LogP contribution in [0.3, 0.4) is 0 Å². The monoisotopic (exact) mass is 548 g/mol. The van der Waals surface area contributed by atoms with Crippen molar-refractivity contribution in [1.82, 2.24) is 24.8 Å². The first-order chi connectivity index (χ1) is 18.8. The molecular formula is C28H26ClFN6O3. The van der Waals surface area contributed by atoms with Crippen LogP contribution >= 0.6 is 11.6 Å². The maximum atomic E-state index is 14.4. The van der Waals surface area contributed by atoms with E-state index < -0.39 is 24.0 Å². The maximum absolute atomic E-state index is 14.4. The summed E-state index contributed by atoms with van der Waals surface area (Å²) in [4.78, 5) is 48.0. The van der Waals surface area contributed by atoms with E-state index in [0.29, 0.717) is 27.2 Å². The number of carbonyl (C=O) groups excluding carboxylic acids is 3. The molecule has 2 N–H and O–H groups in total. The first kappa shape index (κ1) is 26.3. The van der Waals surface area contributed by atoms with Crippen LogP contribution in [0, 0.1) is 0 Å². The number of halogens is 2.